The molecule has 0 aromatic rings. The van der Waals surface area contributed by atoms with Crippen molar-refractivity contribution in [3.05, 3.63) is 0 Å². The van der Waals surface area contributed by atoms with Gasteiger partial charge in [-0.05, 0) is 25.2 Å². The fourth-order valence-corrected chi connectivity index (χ4v) is 1.88. The molecule has 0 aliphatic carbocycles. The van der Waals surface area contributed by atoms with Crippen molar-refractivity contribution in [2.24, 2.45) is 11.7 Å². The number of hydrogen-bond donors (Lipinski definition) is 1. The number of halogens is 3. The van der Waals surface area contributed by atoms with E-state index in [0.29, 0.717) is 0 Å². The average molecular weight is 225 g/mol. The van der Waals surface area contributed by atoms with Gasteiger partial charge in [0, 0.05) is 12.5 Å². The molecule has 0 aromatic heterocycles. The van der Waals surface area contributed by atoms with Crippen molar-refractivity contribution < 1.29 is 13.2 Å². The summed E-state index contributed by atoms with van der Waals surface area (Å²) in [6.07, 6.45) is -0.901. The summed E-state index contributed by atoms with van der Waals surface area (Å²) in [6.45, 7) is 4.08. The molecular formula is C11H22F3N. The zero-order chi connectivity index (χ0) is 11.9. The van der Waals surface area contributed by atoms with Crippen molar-refractivity contribution >= 4 is 0 Å². The van der Waals surface area contributed by atoms with Gasteiger partial charge in [-0.3, -0.25) is 0 Å². The molecule has 0 spiro atoms. The Labute approximate surface area is 90.2 Å². The van der Waals surface area contributed by atoms with Crippen LogP contribution in [0.3, 0.4) is 0 Å². The van der Waals surface area contributed by atoms with Crippen molar-refractivity contribution in [1.29, 1.82) is 0 Å². The predicted molar refractivity (Wildman–Crippen MR) is 56.6 cm³/mol. The van der Waals surface area contributed by atoms with Gasteiger partial charge in [-0.2, -0.15) is 13.2 Å². The van der Waals surface area contributed by atoms with E-state index in [1.165, 1.54) is 0 Å². The van der Waals surface area contributed by atoms with Crippen LogP contribution in [0.4, 0.5) is 13.2 Å². The normalized spacial score (nSPS) is 14.6. The molecule has 1 atom stereocenters. The van der Waals surface area contributed by atoms with Gasteiger partial charge in [0.2, 0.25) is 0 Å². The van der Waals surface area contributed by atoms with E-state index in [4.69, 9.17) is 5.73 Å². The largest absolute Gasteiger partial charge is 0.389 e. The van der Waals surface area contributed by atoms with E-state index < -0.39 is 12.6 Å². The summed E-state index contributed by atoms with van der Waals surface area (Å²) in [6, 6.07) is -0.300. The van der Waals surface area contributed by atoms with E-state index in [2.05, 4.69) is 0 Å². The van der Waals surface area contributed by atoms with E-state index >= 15 is 0 Å². The van der Waals surface area contributed by atoms with Crippen molar-refractivity contribution in [2.45, 2.75) is 64.6 Å². The van der Waals surface area contributed by atoms with E-state index in [-0.39, 0.29) is 18.4 Å². The Balaban J connectivity index is 3.96. The van der Waals surface area contributed by atoms with E-state index in [1.54, 1.807) is 0 Å². The monoisotopic (exact) mass is 225 g/mol. The van der Waals surface area contributed by atoms with Crippen LogP contribution < -0.4 is 5.73 Å². The summed E-state index contributed by atoms with van der Waals surface area (Å²) < 4.78 is 36.0. The SMILES string of the molecule is CCCC(CCC)C(N)CCC(F)(F)F. The maximum atomic E-state index is 12.0. The Hall–Kier alpha value is -0.250. The van der Waals surface area contributed by atoms with Gasteiger partial charge in [-0.25, -0.2) is 0 Å². The molecule has 0 fully saturated rings. The van der Waals surface area contributed by atoms with Crippen molar-refractivity contribution in [1.82, 2.24) is 0 Å². The third kappa shape index (κ3) is 7.65. The third-order valence-electron chi connectivity index (χ3n) is 2.69. The maximum absolute atomic E-state index is 12.0. The van der Waals surface area contributed by atoms with Crippen LogP contribution in [0, 0.1) is 5.92 Å². The number of rotatable bonds is 7. The smallest absolute Gasteiger partial charge is 0.327 e. The highest BCUT2D eigenvalue weighted by Crippen LogP contribution is 2.26. The summed E-state index contributed by atoms with van der Waals surface area (Å²) in [5, 5.41) is 0. The molecule has 15 heavy (non-hydrogen) atoms. The minimum absolute atomic E-state index is 0.0637. The topological polar surface area (TPSA) is 26.0 Å². The van der Waals surface area contributed by atoms with E-state index in [1.807, 2.05) is 13.8 Å². The lowest BCUT2D eigenvalue weighted by atomic mass is 9.88. The van der Waals surface area contributed by atoms with Crippen LogP contribution in [0.15, 0.2) is 0 Å². The first kappa shape index (κ1) is 14.8. The van der Waals surface area contributed by atoms with Gasteiger partial charge in [0.05, 0.1) is 0 Å². The molecule has 0 rings (SSSR count). The van der Waals surface area contributed by atoms with Gasteiger partial charge in [0.25, 0.3) is 0 Å². The van der Waals surface area contributed by atoms with Crippen molar-refractivity contribution in [3.63, 3.8) is 0 Å². The zero-order valence-corrected chi connectivity index (χ0v) is 9.61. The van der Waals surface area contributed by atoms with E-state index in [9.17, 15) is 13.2 Å². The fraction of sp³-hybridized carbons (Fsp3) is 1.00. The molecule has 0 saturated carbocycles. The number of alkyl halides is 3. The second kappa shape index (κ2) is 7.09. The predicted octanol–water partition coefficient (Wildman–Crippen LogP) is 3.87. The second-order valence-corrected chi connectivity index (χ2v) is 4.16. The van der Waals surface area contributed by atoms with Gasteiger partial charge in [0.1, 0.15) is 0 Å². The highest BCUT2D eigenvalue weighted by Gasteiger charge is 2.29. The second-order valence-electron chi connectivity index (χ2n) is 4.16. The van der Waals surface area contributed by atoms with Crippen molar-refractivity contribution in [2.75, 3.05) is 0 Å². The first-order chi connectivity index (χ1) is 6.90. The molecule has 1 unspecified atom stereocenters. The van der Waals surface area contributed by atoms with Gasteiger partial charge in [-0.1, -0.05) is 26.7 Å². The fourth-order valence-electron chi connectivity index (χ4n) is 1.88. The zero-order valence-electron chi connectivity index (χ0n) is 9.61. The highest BCUT2D eigenvalue weighted by atomic mass is 19.4. The van der Waals surface area contributed by atoms with Crippen LogP contribution in [-0.4, -0.2) is 12.2 Å². The Morgan fingerprint density at radius 3 is 1.80 bits per heavy atom. The lowest BCUT2D eigenvalue weighted by molar-refractivity contribution is -0.136. The molecule has 0 radical (unpaired) electrons. The van der Waals surface area contributed by atoms with Crippen LogP contribution >= 0.6 is 0 Å². The molecule has 0 amide bonds. The third-order valence-corrected chi connectivity index (χ3v) is 2.69. The molecule has 92 valence electrons. The Morgan fingerprint density at radius 1 is 1.00 bits per heavy atom. The van der Waals surface area contributed by atoms with Gasteiger partial charge in [0.15, 0.2) is 0 Å². The molecule has 0 bridgehead atoms. The quantitative estimate of drug-likeness (QED) is 0.699. The van der Waals surface area contributed by atoms with Gasteiger partial charge in [-0.15, -0.1) is 0 Å². The van der Waals surface area contributed by atoms with Crippen LogP contribution in [0.25, 0.3) is 0 Å². The number of nitrogens with two attached hydrogens (primary N) is 1. The van der Waals surface area contributed by atoms with Crippen LogP contribution in [0.1, 0.15) is 52.4 Å². The lowest BCUT2D eigenvalue weighted by Crippen LogP contribution is -2.31. The highest BCUT2D eigenvalue weighted by molar-refractivity contribution is 4.73. The molecule has 0 heterocycles. The van der Waals surface area contributed by atoms with Crippen LogP contribution in [0.2, 0.25) is 0 Å². The Bertz CT molecular complexity index is 150. The van der Waals surface area contributed by atoms with Crippen LogP contribution in [-0.2, 0) is 0 Å². The van der Waals surface area contributed by atoms with Crippen molar-refractivity contribution in [3.8, 4) is 0 Å². The van der Waals surface area contributed by atoms with E-state index in [0.717, 1.165) is 25.7 Å². The molecule has 0 aliphatic heterocycles. The first-order valence-corrected chi connectivity index (χ1v) is 5.73. The molecule has 1 nitrogen and oxygen atoms in total. The molecule has 0 aliphatic rings. The lowest BCUT2D eigenvalue weighted by Gasteiger charge is -2.23. The molecule has 4 heteroatoms. The summed E-state index contributed by atoms with van der Waals surface area (Å²) in [7, 11) is 0. The summed E-state index contributed by atoms with van der Waals surface area (Å²) in [5.41, 5.74) is 5.80. The van der Waals surface area contributed by atoms with Gasteiger partial charge < -0.3 is 5.73 Å². The Morgan fingerprint density at radius 2 is 1.47 bits per heavy atom. The maximum Gasteiger partial charge on any atom is 0.389 e. The standard InChI is InChI=1S/C11H22F3N/c1-3-5-9(6-4-2)10(15)7-8-11(12,13)14/h9-10H,3-8,15H2,1-2H3. The van der Waals surface area contributed by atoms with Gasteiger partial charge >= 0.3 is 6.18 Å². The summed E-state index contributed by atoms with van der Waals surface area (Å²) >= 11 is 0. The molecule has 0 aromatic carbocycles. The minimum Gasteiger partial charge on any atom is -0.327 e. The average Bonchev–Trinajstić information content (AvgIpc) is 2.13. The number of hydrogen-bond acceptors (Lipinski definition) is 1. The Kier molecular flexibility index (Phi) is 6.98. The molecule has 2 N–H and O–H groups in total. The minimum atomic E-state index is -4.07. The summed E-state index contributed by atoms with van der Waals surface area (Å²) in [5.74, 6) is 0.252. The summed E-state index contributed by atoms with van der Waals surface area (Å²) in [4.78, 5) is 0. The van der Waals surface area contributed by atoms with Crippen LogP contribution in [0.5, 0.6) is 0 Å². The first-order valence-electron chi connectivity index (χ1n) is 5.73. The molecular weight excluding hydrogens is 203 g/mol. The molecule has 0 saturated heterocycles.